The number of ether oxygens (including phenoxy) is 1. The maximum Gasteiger partial charge on any atom is 0.330 e. The topological polar surface area (TPSA) is 80.8 Å². The molecule has 0 N–H and O–H groups in total. The van der Waals surface area contributed by atoms with Crippen LogP contribution in [0.4, 0.5) is 0 Å². The minimum atomic E-state index is -3.75. The van der Waals surface area contributed by atoms with E-state index in [1.165, 1.54) is 13.8 Å². The lowest BCUT2D eigenvalue weighted by Gasteiger charge is -2.39. The molecule has 2 fully saturated rings. The number of sulfone groups is 1. The maximum atomic E-state index is 12.5. The minimum absolute atomic E-state index is 0.0172. The summed E-state index contributed by atoms with van der Waals surface area (Å²) in [7, 11) is -3.75. The number of hydrogen-bond donors (Lipinski definition) is 0. The second-order valence-electron chi connectivity index (χ2n) is 6.18. The molecule has 2 saturated heterocycles. The molecule has 0 bridgehead atoms. The summed E-state index contributed by atoms with van der Waals surface area (Å²) in [5.74, 6) is -1.28. The number of halogens is 1. The molecule has 1 amide bonds. The largest absolute Gasteiger partial charge is 0.459 e. The van der Waals surface area contributed by atoms with E-state index in [0.29, 0.717) is 0 Å². The predicted molar refractivity (Wildman–Crippen MR) is 83.3 cm³/mol. The molecule has 0 radical (unpaired) electrons. The molecule has 2 aliphatic rings. The molecule has 8 heteroatoms. The molecule has 2 aliphatic heterocycles. The van der Waals surface area contributed by atoms with Crippen molar-refractivity contribution >= 4 is 33.3 Å². The van der Waals surface area contributed by atoms with Crippen LogP contribution in [0.2, 0.25) is 0 Å². The van der Waals surface area contributed by atoms with Crippen LogP contribution in [0.15, 0.2) is 30.3 Å². The highest BCUT2D eigenvalue weighted by Crippen LogP contribution is 2.47. The van der Waals surface area contributed by atoms with Crippen molar-refractivity contribution in [3.05, 3.63) is 35.9 Å². The molecule has 0 spiro atoms. The maximum absolute atomic E-state index is 12.5. The molecule has 124 valence electrons. The molecular formula is C15H16ClNO5S. The van der Waals surface area contributed by atoms with Crippen LogP contribution in [0.1, 0.15) is 19.4 Å². The highest BCUT2D eigenvalue weighted by molar-refractivity contribution is 7.94. The van der Waals surface area contributed by atoms with Gasteiger partial charge in [-0.15, -0.1) is 11.6 Å². The Labute approximate surface area is 139 Å². The number of β-lactam (4-membered cyclic amide) rings is 1. The van der Waals surface area contributed by atoms with Crippen LogP contribution in [-0.4, -0.2) is 46.7 Å². The third-order valence-corrected chi connectivity index (χ3v) is 7.85. The third-order valence-electron chi connectivity index (χ3n) is 4.45. The predicted octanol–water partition coefficient (Wildman–Crippen LogP) is 1.08. The number of carbonyl (C=O) groups is 2. The average molecular weight is 358 g/mol. The fraction of sp³-hybridized carbons (Fsp3) is 0.467. The summed E-state index contributed by atoms with van der Waals surface area (Å²) in [4.78, 5) is 25.4. The summed E-state index contributed by atoms with van der Waals surface area (Å²) in [6.07, 6.45) is 0. The second-order valence-corrected chi connectivity index (χ2v) is 9.28. The number of fused-ring (bicyclic) bond motifs is 1. The van der Waals surface area contributed by atoms with Gasteiger partial charge in [-0.1, -0.05) is 30.3 Å². The summed E-state index contributed by atoms with van der Waals surface area (Å²) >= 11 is 5.83. The molecule has 3 rings (SSSR count). The van der Waals surface area contributed by atoms with E-state index in [0.717, 1.165) is 10.5 Å². The van der Waals surface area contributed by atoms with E-state index in [1.54, 1.807) is 24.3 Å². The fourth-order valence-corrected chi connectivity index (χ4v) is 5.78. The minimum Gasteiger partial charge on any atom is -0.459 e. The standard InChI is InChI=1S/C15H16ClNO5S/c1-15(2)11(14(19)22-8-9-6-4-3-5-7-9)17-12(18)10(16)13(17)23(15,20)21/h3-7,10-11,13H,8H2,1-2H3/t10-,11+,13-/m1/s1. The van der Waals surface area contributed by atoms with E-state index in [-0.39, 0.29) is 6.61 Å². The zero-order valence-corrected chi connectivity index (χ0v) is 14.2. The van der Waals surface area contributed by atoms with Crippen molar-refractivity contribution < 1.29 is 22.7 Å². The number of carbonyl (C=O) groups excluding carboxylic acids is 2. The Morgan fingerprint density at radius 3 is 2.52 bits per heavy atom. The Kier molecular flexibility index (Phi) is 3.68. The Hall–Kier alpha value is -1.60. The molecule has 0 aromatic heterocycles. The molecule has 1 aromatic carbocycles. The highest BCUT2D eigenvalue weighted by atomic mass is 35.5. The first-order chi connectivity index (χ1) is 10.7. The summed E-state index contributed by atoms with van der Waals surface area (Å²) in [5.41, 5.74) is 0.779. The number of nitrogens with zero attached hydrogens (tertiary/aromatic N) is 1. The van der Waals surface area contributed by atoms with Crippen LogP contribution in [0, 0.1) is 0 Å². The van der Waals surface area contributed by atoms with E-state index in [1.807, 2.05) is 6.07 Å². The normalized spacial score (nSPS) is 30.5. The van der Waals surface area contributed by atoms with Crippen molar-refractivity contribution in [2.75, 3.05) is 0 Å². The van der Waals surface area contributed by atoms with Crippen molar-refractivity contribution in [2.24, 2.45) is 0 Å². The van der Waals surface area contributed by atoms with Crippen molar-refractivity contribution in [1.29, 1.82) is 0 Å². The van der Waals surface area contributed by atoms with Crippen molar-refractivity contribution in [1.82, 2.24) is 4.90 Å². The van der Waals surface area contributed by atoms with Crippen LogP contribution in [0.5, 0.6) is 0 Å². The molecule has 0 saturated carbocycles. The molecule has 0 aliphatic carbocycles. The van der Waals surface area contributed by atoms with E-state index in [2.05, 4.69) is 0 Å². The zero-order valence-electron chi connectivity index (χ0n) is 12.6. The van der Waals surface area contributed by atoms with Gasteiger partial charge in [-0.25, -0.2) is 13.2 Å². The van der Waals surface area contributed by atoms with Crippen molar-refractivity contribution in [3.8, 4) is 0 Å². The van der Waals surface area contributed by atoms with Crippen LogP contribution in [-0.2, 0) is 30.8 Å². The number of alkyl halides is 1. The third kappa shape index (κ3) is 2.17. The SMILES string of the molecule is CC1(C)[C@H](C(=O)OCc2ccccc2)N2C(=O)[C@@H](Cl)[C@H]2S1(=O)=O. The highest BCUT2D eigenvalue weighted by Gasteiger charge is 2.72. The number of hydrogen-bond acceptors (Lipinski definition) is 5. The number of benzene rings is 1. The van der Waals surface area contributed by atoms with Gasteiger partial charge in [-0.05, 0) is 19.4 Å². The van der Waals surface area contributed by atoms with E-state index in [4.69, 9.17) is 16.3 Å². The second kappa shape index (κ2) is 5.21. The van der Waals surface area contributed by atoms with E-state index >= 15 is 0 Å². The lowest BCUT2D eigenvalue weighted by Crippen LogP contribution is -2.64. The first-order valence-electron chi connectivity index (χ1n) is 7.10. The van der Waals surface area contributed by atoms with Crippen LogP contribution >= 0.6 is 11.6 Å². The number of amides is 1. The van der Waals surface area contributed by atoms with Crippen LogP contribution < -0.4 is 0 Å². The summed E-state index contributed by atoms with van der Waals surface area (Å²) in [6, 6.07) is 7.85. The molecule has 2 heterocycles. The first kappa shape index (κ1) is 16.3. The van der Waals surface area contributed by atoms with Gasteiger partial charge in [-0.2, -0.15) is 0 Å². The van der Waals surface area contributed by atoms with Gasteiger partial charge < -0.3 is 9.64 Å². The zero-order chi connectivity index (χ0) is 17.0. The van der Waals surface area contributed by atoms with Gasteiger partial charge in [0.25, 0.3) is 0 Å². The molecule has 1 aromatic rings. The first-order valence-corrected chi connectivity index (χ1v) is 9.08. The van der Waals surface area contributed by atoms with Gasteiger partial charge in [0.15, 0.2) is 15.2 Å². The van der Waals surface area contributed by atoms with Gasteiger partial charge in [0.1, 0.15) is 22.8 Å². The van der Waals surface area contributed by atoms with Gasteiger partial charge in [0.2, 0.25) is 5.91 Å². The molecule has 0 unspecified atom stereocenters. The van der Waals surface area contributed by atoms with Crippen molar-refractivity contribution in [3.63, 3.8) is 0 Å². The quantitative estimate of drug-likeness (QED) is 0.459. The lowest BCUT2D eigenvalue weighted by molar-refractivity contribution is -0.161. The number of rotatable bonds is 3. The monoisotopic (exact) mass is 357 g/mol. The van der Waals surface area contributed by atoms with Gasteiger partial charge in [0.05, 0.1) is 0 Å². The molecule has 23 heavy (non-hydrogen) atoms. The van der Waals surface area contributed by atoms with Crippen molar-refractivity contribution in [2.45, 2.75) is 42.0 Å². The number of esters is 1. The van der Waals surface area contributed by atoms with Crippen LogP contribution in [0.25, 0.3) is 0 Å². The smallest absolute Gasteiger partial charge is 0.330 e. The Bertz CT molecular complexity index is 761. The van der Waals surface area contributed by atoms with E-state index < -0.39 is 43.3 Å². The molecule has 6 nitrogen and oxygen atoms in total. The lowest BCUT2D eigenvalue weighted by atomic mass is 9.98. The summed E-state index contributed by atoms with van der Waals surface area (Å²) in [6.45, 7) is 2.86. The Morgan fingerprint density at radius 2 is 1.91 bits per heavy atom. The van der Waals surface area contributed by atoms with E-state index in [9.17, 15) is 18.0 Å². The van der Waals surface area contributed by atoms with Gasteiger partial charge in [-0.3, -0.25) is 4.79 Å². The van der Waals surface area contributed by atoms with Gasteiger partial charge >= 0.3 is 5.97 Å². The summed E-state index contributed by atoms with van der Waals surface area (Å²) < 4.78 is 28.9. The molecular weight excluding hydrogens is 342 g/mol. The average Bonchev–Trinajstić information content (AvgIpc) is 2.66. The Morgan fingerprint density at radius 1 is 1.30 bits per heavy atom. The fourth-order valence-electron chi connectivity index (χ4n) is 3.04. The summed E-state index contributed by atoms with van der Waals surface area (Å²) in [5, 5.41) is -2.29. The molecule has 3 atom stereocenters. The Balaban J connectivity index is 1.84. The van der Waals surface area contributed by atoms with Crippen LogP contribution in [0.3, 0.4) is 0 Å². The van der Waals surface area contributed by atoms with Gasteiger partial charge in [0, 0.05) is 0 Å².